The van der Waals surface area contributed by atoms with Gasteiger partial charge in [0, 0.05) is 52.8 Å². The lowest BCUT2D eigenvalue weighted by Crippen LogP contribution is -2.55. The Labute approximate surface area is 259 Å². The van der Waals surface area contributed by atoms with Crippen LogP contribution in [0.1, 0.15) is 39.1 Å². The first-order chi connectivity index (χ1) is 20.4. The van der Waals surface area contributed by atoms with Crippen LogP contribution in [0.2, 0.25) is 10.0 Å². The lowest BCUT2D eigenvalue weighted by atomic mass is 10.1. The van der Waals surface area contributed by atoms with Crippen LogP contribution in [0.25, 0.3) is 0 Å². The Balaban J connectivity index is 1.40. The molecule has 1 atom stereocenters. The second kappa shape index (κ2) is 13.7. The van der Waals surface area contributed by atoms with E-state index in [0.717, 1.165) is 16.9 Å². The largest absolute Gasteiger partial charge is 0.336 e. The van der Waals surface area contributed by atoms with Crippen molar-refractivity contribution >= 4 is 58.2 Å². The van der Waals surface area contributed by atoms with E-state index in [1.807, 2.05) is 24.3 Å². The van der Waals surface area contributed by atoms with Crippen molar-refractivity contribution in [3.8, 4) is 0 Å². The summed E-state index contributed by atoms with van der Waals surface area (Å²) in [6.45, 7) is 0.348. The molecule has 216 valence electrons. The summed E-state index contributed by atoms with van der Waals surface area (Å²) in [6, 6.07) is 22.9. The number of ether oxygens (including phenoxy) is 2. The van der Waals surface area contributed by atoms with Gasteiger partial charge < -0.3 is 14.8 Å². The number of hydrogen-bond acceptors (Lipinski definition) is 6. The van der Waals surface area contributed by atoms with Crippen LogP contribution in [0, 0.1) is 0 Å². The van der Waals surface area contributed by atoms with E-state index in [1.54, 1.807) is 90.8 Å². The molecule has 1 aliphatic rings. The summed E-state index contributed by atoms with van der Waals surface area (Å²) in [4.78, 5) is 33.7. The lowest BCUT2D eigenvalue weighted by Gasteiger charge is -2.41. The predicted octanol–water partition coefficient (Wildman–Crippen LogP) is 7.73. The molecule has 1 aromatic heterocycles. The molecule has 42 heavy (non-hydrogen) atoms. The third-order valence-electron chi connectivity index (χ3n) is 6.92. The van der Waals surface area contributed by atoms with Crippen molar-refractivity contribution in [1.82, 2.24) is 4.98 Å². The zero-order chi connectivity index (χ0) is 29.5. The van der Waals surface area contributed by atoms with Crippen LogP contribution in [0.3, 0.4) is 0 Å². The number of pyridine rings is 1. The van der Waals surface area contributed by atoms with Gasteiger partial charge in [0.2, 0.25) is 0 Å². The monoisotopic (exact) mass is 621 g/mol. The van der Waals surface area contributed by atoms with Crippen LogP contribution in [-0.2, 0) is 15.9 Å². The fraction of sp³-hybridized carbons (Fsp3) is 0.219. The standard InChI is InChI=1S/C32H29Cl2N3O4S/c1-40-32(41-19-20-42-26-14-17-35-18-15-26)16-4-5-23-21-24(33)10-13-29(23)37(32)31(39)22-8-11-25(12-9-22)36-30(38)27-6-2-3-7-28(27)34/h2-3,6-15,17-18,21H,4-5,16,19-20H2,1H3,(H,36,38). The van der Waals surface area contributed by atoms with Gasteiger partial charge in [-0.1, -0.05) is 35.3 Å². The summed E-state index contributed by atoms with van der Waals surface area (Å²) in [5, 5.41) is 3.79. The maximum atomic E-state index is 14.2. The Morgan fingerprint density at radius 2 is 1.79 bits per heavy atom. The van der Waals surface area contributed by atoms with Crippen LogP contribution in [0.15, 0.2) is 96.2 Å². The molecular weight excluding hydrogens is 593 g/mol. The van der Waals surface area contributed by atoms with E-state index in [-0.39, 0.29) is 11.8 Å². The normalized spacial score (nSPS) is 16.4. The number of nitrogens with one attached hydrogen (secondary N) is 1. The molecule has 1 N–H and O–H groups in total. The van der Waals surface area contributed by atoms with E-state index in [9.17, 15) is 9.59 Å². The molecule has 4 aromatic rings. The van der Waals surface area contributed by atoms with Crippen molar-refractivity contribution in [2.75, 3.05) is 29.7 Å². The quantitative estimate of drug-likeness (QED) is 0.117. The van der Waals surface area contributed by atoms with Crippen molar-refractivity contribution < 1.29 is 19.1 Å². The average Bonchev–Trinajstić information content (AvgIpc) is 3.16. The zero-order valence-electron chi connectivity index (χ0n) is 22.9. The molecule has 0 radical (unpaired) electrons. The molecule has 0 aliphatic carbocycles. The first kappa shape index (κ1) is 30.1. The van der Waals surface area contributed by atoms with Crippen molar-refractivity contribution in [3.63, 3.8) is 0 Å². The molecule has 7 nitrogen and oxygen atoms in total. The van der Waals surface area contributed by atoms with Gasteiger partial charge in [0.25, 0.3) is 17.7 Å². The van der Waals surface area contributed by atoms with Gasteiger partial charge in [0.05, 0.1) is 22.9 Å². The minimum Gasteiger partial charge on any atom is -0.336 e. The molecule has 2 amide bonds. The van der Waals surface area contributed by atoms with Crippen molar-refractivity contribution in [2.24, 2.45) is 0 Å². The molecular formula is C32H29Cl2N3O4S. The number of carbonyl (C=O) groups excluding carboxylic acids is 2. The van der Waals surface area contributed by atoms with E-state index >= 15 is 0 Å². The van der Waals surface area contributed by atoms with E-state index < -0.39 is 5.91 Å². The third-order valence-corrected chi connectivity index (χ3v) is 8.46. The summed E-state index contributed by atoms with van der Waals surface area (Å²) in [5.74, 6) is -1.31. The first-order valence-electron chi connectivity index (χ1n) is 13.4. The van der Waals surface area contributed by atoms with Gasteiger partial charge in [0.1, 0.15) is 0 Å². The van der Waals surface area contributed by atoms with E-state index in [2.05, 4.69) is 10.3 Å². The summed E-state index contributed by atoms with van der Waals surface area (Å²) >= 11 is 14.1. The molecule has 3 aromatic carbocycles. The number of nitrogens with zero attached hydrogens (tertiary/aromatic N) is 2. The Kier molecular flexibility index (Phi) is 9.82. The zero-order valence-corrected chi connectivity index (χ0v) is 25.2. The third kappa shape index (κ3) is 6.80. The Hall–Kier alpha value is -3.40. The molecule has 1 aliphatic heterocycles. The van der Waals surface area contributed by atoms with Crippen LogP contribution >= 0.6 is 35.0 Å². The molecule has 0 bridgehead atoms. The molecule has 5 rings (SSSR count). The number of fused-ring (bicyclic) bond motifs is 1. The number of halogens is 2. The second-order valence-electron chi connectivity index (χ2n) is 9.58. The molecule has 0 saturated carbocycles. The summed E-state index contributed by atoms with van der Waals surface area (Å²) in [6.07, 6.45) is 5.41. The highest BCUT2D eigenvalue weighted by Crippen LogP contribution is 2.39. The summed E-state index contributed by atoms with van der Waals surface area (Å²) < 4.78 is 12.5. The van der Waals surface area contributed by atoms with E-state index in [0.29, 0.717) is 57.7 Å². The molecule has 1 unspecified atom stereocenters. The maximum Gasteiger partial charge on any atom is 0.262 e. The molecule has 0 fully saturated rings. The van der Waals surface area contributed by atoms with E-state index in [1.165, 1.54) is 0 Å². The fourth-order valence-electron chi connectivity index (χ4n) is 4.89. The van der Waals surface area contributed by atoms with Crippen molar-refractivity contribution in [2.45, 2.75) is 30.1 Å². The van der Waals surface area contributed by atoms with Crippen LogP contribution < -0.4 is 10.2 Å². The average molecular weight is 623 g/mol. The van der Waals surface area contributed by atoms with Crippen molar-refractivity contribution in [3.05, 3.63) is 118 Å². The van der Waals surface area contributed by atoms with Gasteiger partial charge in [-0.05, 0) is 85.1 Å². The minimum atomic E-state index is -1.33. The second-order valence-corrected chi connectivity index (χ2v) is 11.6. The molecule has 2 heterocycles. The Bertz CT molecular complexity index is 1560. The summed E-state index contributed by atoms with van der Waals surface area (Å²) in [7, 11) is 1.56. The lowest BCUT2D eigenvalue weighted by molar-refractivity contribution is -0.217. The Morgan fingerprint density at radius 1 is 1.02 bits per heavy atom. The maximum absolute atomic E-state index is 14.2. The number of aromatic nitrogens is 1. The van der Waals surface area contributed by atoms with Gasteiger partial charge in [-0.25, -0.2) is 0 Å². The minimum absolute atomic E-state index is 0.298. The van der Waals surface area contributed by atoms with Crippen molar-refractivity contribution in [1.29, 1.82) is 0 Å². The van der Waals surface area contributed by atoms with Gasteiger partial charge in [0.15, 0.2) is 0 Å². The number of aryl methyl sites for hydroxylation is 1. The van der Waals surface area contributed by atoms with Gasteiger partial charge >= 0.3 is 0 Å². The highest BCUT2D eigenvalue weighted by molar-refractivity contribution is 7.99. The number of hydrogen-bond donors (Lipinski definition) is 1. The number of anilines is 2. The predicted molar refractivity (Wildman–Crippen MR) is 168 cm³/mol. The number of amides is 2. The topological polar surface area (TPSA) is 80.8 Å². The highest BCUT2D eigenvalue weighted by Gasteiger charge is 2.45. The van der Waals surface area contributed by atoms with Gasteiger partial charge in [-0.3, -0.25) is 19.5 Å². The van der Waals surface area contributed by atoms with E-state index in [4.69, 9.17) is 32.7 Å². The van der Waals surface area contributed by atoms with Crippen LogP contribution in [0.5, 0.6) is 0 Å². The van der Waals surface area contributed by atoms with Crippen LogP contribution in [-0.4, -0.2) is 42.2 Å². The molecule has 0 spiro atoms. The summed E-state index contributed by atoms with van der Waals surface area (Å²) in [5.41, 5.74) is 2.92. The number of carbonyl (C=O) groups is 2. The molecule has 10 heteroatoms. The van der Waals surface area contributed by atoms with Gasteiger partial charge in [-0.2, -0.15) is 0 Å². The SMILES string of the molecule is COC1(OCCSc2ccncc2)CCCc2cc(Cl)ccc2N1C(=O)c1ccc(NC(=O)c2ccccc2Cl)cc1. The fourth-order valence-corrected chi connectivity index (χ4v) is 6.02. The number of benzene rings is 3. The number of thioether (sulfide) groups is 1. The smallest absolute Gasteiger partial charge is 0.262 e. The Morgan fingerprint density at radius 3 is 2.52 bits per heavy atom. The van der Waals surface area contributed by atoms with Gasteiger partial charge in [-0.15, -0.1) is 11.8 Å². The highest BCUT2D eigenvalue weighted by atomic mass is 35.5. The van der Waals surface area contributed by atoms with Crippen LogP contribution in [0.4, 0.5) is 11.4 Å². The first-order valence-corrected chi connectivity index (χ1v) is 15.2. The number of methoxy groups -OCH3 is 1. The number of rotatable bonds is 9. The molecule has 0 saturated heterocycles.